The van der Waals surface area contributed by atoms with E-state index in [0.29, 0.717) is 0 Å². The molecule has 0 aliphatic heterocycles. The second kappa shape index (κ2) is 15.8. The minimum atomic E-state index is -0.337. The van der Waals surface area contributed by atoms with Gasteiger partial charge < -0.3 is 5.11 Å². The van der Waals surface area contributed by atoms with E-state index in [2.05, 4.69) is 89.6 Å². The van der Waals surface area contributed by atoms with Gasteiger partial charge in [0.15, 0.2) is 5.78 Å². The summed E-state index contributed by atoms with van der Waals surface area (Å²) in [5.41, 5.74) is 4.57. The van der Waals surface area contributed by atoms with Gasteiger partial charge in [0.25, 0.3) is 0 Å². The molecule has 0 fully saturated rings. The molecular weight excluding hydrogens is 779 g/mol. The van der Waals surface area contributed by atoms with Crippen molar-refractivity contribution in [1.29, 1.82) is 0 Å². The number of fused-ring (bicyclic) bond motifs is 2. The number of aliphatic hydroxyl groups excluding tert-OH is 1. The van der Waals surface area contributed by atoms with Gasteiger partial charge >= 0.3 is 0 Å². The third kappa shape index (κ3) is 8.43. The summed E-state index contributed by atoms with van der Waals surface area (Å²) >= 11 is 1.64. The molecule has 1 N–H and O–H groups in total. The van der Waals surface area contributed by atoms with E-state index in [-0.39, 0.29) is 47.9 Å². The van der Waals surface area contributed by atoms with Gasteiger partial charge in [0, 0.05) is 59.9 Å². The summed E-state index contributed by atoms with van der Waals surface area (Å²) in [7, 11) is 0. The van der Waals surface area contributed by atoms with Gasteiger partial charge in [-0.25, -0.2) is 9.97 Å². The Balaban J connectivity index is 0.000000290. The van der Waals surface area contributed by atoms with Crippen molar-refractivity contribution in [1.82, 2.24) is 15.0 Å². The molecular formula is C40H48IrN3O2S-. The van der Waals surface area contributed by atoms with Crippen molar-refractivity contribution >= 4 is 38.1 Å². The number of benzene rings is 2. The van der Waals surface area contributed by atoms with Crippen molar-refractivity contribution in [3.05, 3.63) is 89.9 Å². The number of pyridine rings is 1. The van der Waals surface area contributed by atoms with Crippen molar-refractivity contribution in [2.24, 2.45) is 10.8 Å². The molecule has 3 aromatic heterocycles. The van der Waals surface area contributed by atoms with Crippen LogP contribution in [-0.4, -0.2) is 25.8 Å². The standard InChI is InChI=1S/C25H20N3S.C15H28O2.Ir/c1-25(2,3)21-13-17(12-16-6-4-5-7-18(16)21)22-14-23(28-15-27-22)19-8-10-26-24-20(19)9-11-29-24;1-7-14(5,8-2)12(16)11-13(17)15(6,9-3)10-4;/h4-11,13-15H,1-3H3;11,16H,7-10H2,1-6H3;/q-1;;/b;12-11-;. The van der Waals surface area contributed by atoms with Crippen molar-refractivity contribution in [3.63, 3.8) is 0 Å². The topological polar surface area (TPSA) is 76.0 Å². The van der Waals surface area contributed by atoms with Gasteiger partial charge in [0.05, 0.1) is 5.69 Å². The fourth-order valence-corrected chi connectivity index (χ4v) is 6.18. The number of aromatic nitrogens is 3. The normalized spacial score (nSPS) is 12.4. The van der Waals surface area contributed by atoms with E-state index in [4.69, 9.17) is 0 Å². The first-order valence-electron chi connectivity index (χ1n) is 16.4. The van der Waals surface area contributed by atoms with Crippen molar-refractivity contribution < 1.29 is 30.0 Å². The first kappa shape index (κ1) is 38.2. The van der Waals surface area contributed by atoms with Crippen LogP contribution >= 0.6 is 11.3 Å². The predicted molar refractivity (Wildman–Crippen MR) is 194 cm³/mol. The number of nitrogens with zero attached hydrogens (tertiary/aromatic N) is 3. The Kier molecular flexibility index (Phi) is 12.8. The Labute approximate surface area is 298 Å². The first-order chi connectivity index (χ1) is 21.8. The SMILES string of the molecule is CC(C)(C)c1cc(-c2cc(-c3ccnc4sccc34)ncn2)[c-]c2ccccc12.CCC(C)(CC)C(=O)/C=C(\O)C(C)(CC)CC.[Ir]. The summed E-state index contributed by atoms with van der Waals surface area (Å²) in [5.74, 6) is 0.286. The van der Waals surface area contributed by atoms with E-state index in [9.17, 15) is 9.90 Å². The number of ketones is 1. The van der Waals surface area contributed by atoms with Gasteiger partial charge in [0.1, 0.15) is 16.9 Å². The summed E-state index contributed by atoms with van der Waals surface area (Å²) in [4.78, 5) is 26.8. The molecule has 47 heavy (non-hydrogen) atoms. The minimum absolute atomic E-state index is 0. The van der Waals surface area contributed by atoms with Gasteiger partial charge in [-0.15, -0.1) is 40.5 Å². The fourth-order valence-electron chi connectivity index (χ4n) is 5.42. The number of allylic oxidation sites excluding steroid dienone is 2. The zero-order valence-corrected chi connectivity index (χ0v) is 32.4. The van der Waals surface area contributed by atoms with Crippen LogP contribution in [0.4, 0.5) is 0 Å². The molecule has 2 aromatic carbocycles. The average molecular weight is 827 g/mol. The van der Waals surface area contributed by atoms with Crippen molar-refractivity contribution in [2.45, 2.75) is 93.4 Å². The molecule has 0 aliphatic rings. The first-order valence-corrected chi connectivity index (χ1v) is 17.2. The second-order valence-corrected chi connectivity index (χ2v) is 14.5. The predicted octanol–water partition coefficient (Wildman–Crippen LogP) is 11.3. The third-order valence-corrected chi connectivity index (χ3v) is 10.6. The zero-order valence-electron chi connectivity index (χ0n) is 29.2. The number of hydrogen-bond acceptors (Lipinski definition) is 6. The van der Waals surface area contributed by atoms with E-state index in [1.54, 1.807) is 17.7 Å². The molecule has 5 rings (SSSR count). The molecule has 0 saturated heterocycles. The summed E-state index contributed by atoms with van der Waals surface area (Å²) in [5, 5.41) is 15.7. The Bertz CT molecular complexity index is 1850. The van der Waals surface area contributed by atoms with Gasteiger partial charge in [-0.1, -0.05) is 91.5 Å². The van der Waals surface area contributed by atoms with Gasteiger partial charge in [0.2, 0.25) is 0 Å². The van der Waals surface area contributed by atoms with Crippen molar-refractivity contribution in [3.8, 4) is 22.5 Å². The van der Waals surface area contributed by atoms with Crippen LogP contribution in [-0.2, 0) is 30.3 Å². The molecule has 0 spiro atoms. The number of rotatable bonds is 9. The monoisotopic (exact) mass is 827 g/mol. The molecule has 0 atom stereocenters. The average Bonchev–Trinajstić information content (AvgIpc) is 3.56. The molecule has 251 valence electrons. The third-order valence-electron chi connectivity index (χ3n) is 9.77. The molecule has 0 saturated carbocycles. The molecule has 0 amide bonds. The molecule has 0 aliphatic carbocycles. The molecule has 3 heterocycles. The Hall–Kier alpha value is -3.25. The quantitative estimate of drug-likeness (QED) is 0.0910. The fraction of sp³-hybridized carbons (Fsp3) is 0.400. The molecule has 1 radical (unpaired) electrons. The van der Waals surface area contributed by atoms with E-state index in [1.807, 2.05) is 53.8 Å². The number of aliphatic hydroxyl groups is 1. The van der Waals surface area contributed by atoms with Gasteiger partial charge in [-0.3, -0.25) is 9.78 Å². The summed E-state index contributed by atoms with van der Waals surface area (Å²) in [6, 6.07) is 20.4. The maximum absolute atomic E-state index is 12.2. The van der Waals surface area contributed by atoms with Crippen LogP contribution in [0.2, 0.25) is 0 Å². The molecule has 7 heteroatoms. The Morgan fingerprint density at radius 1 is 0.830 bits per heavy atom. The van der Waals surface area contributed by atoms with Crippen LogP contribution in [0.3, 0.4) is 0 Å². The van der Waals surface area contributed by atoms with Crippen molar-refractivity contribution in [2.75, 3.05) is 0 Å². The van der Waals surface area contributed by atoms with Gasteiger partial charge in [-0.05, 0) is 54.7 Å². The number of carbonyl (C=O) groups is 1. The van der Waals surface area contributed by atoms with Crippen LogP contribution < -0.4 is 0 Å². The maximum Gasteiger partial charge on any atom is 0.164 e. The molecule has 5 nitrogen and oxygen atoms in total. The Morgan fingerprint density at radius 2 is 1.47 bits per heavy atom. The van der Waals surface area contributed by atoms with Crippen LogP contribution in [0.25, 0.3) is 43.5 Å². The van der Waals surface area contributed by atoms with Crippen LogP contribution in [0.1, 0.15) is 93.6 Å². The minimum Gasteiger partial charge on any atom is -0.512 e. The van der Waals surface area contributed by atoms with E-state index in [0.717, 1.165) is 63.8 Å². The number of carbonyl (C=O) groups excluding carboxylic acids is 1. The Morgan fingerprint density at radius 3 is 2.11 bits per heavy atom. The largest absolute Gasteiger partial charge is 0.512 e. The number of hydrogen-bond donors (Lipinski definition) is 1. The smallest absolute Gasteiger partial charge is 0.164 e. The van der Waals surface area contributed by atoms with E-state index in [1.165, 1.54) is 17.0 Å². The van der Waals surface area contributed by atoms with E-state index >= 15 is 0 Å². The summed E-state index contributed by atoms with van der Waals surface area (Å²) < 4.78 is 0. The summed E-state index contributed by atoms with van der Waals surface area (Å²) in [6.07, 6.45) is 8.24. The molecule has 0 bridgehead atoms. The van der Waals surface area contributed by atoms with Gasteiger partial charge in [-0.2, -0.15) is 0 Å². The molecule has 0 unspecified atom stereocenters. The second-order valence-electron chi connectivity index (χ2n) is 13.6. The molecule has 5 aromatic rings. The maximum atomic E-state index is 12.2. The van der Waals surface area contributed by atoms with Crippen LogP contribution in [0.15, 0.2) is 78.3 Å². The number of thiophene rings is 1. The van der Waals surface area contributed by atoms with E-state index < -0.39 is 0 Å². The zero-order chi connectivity index (χ0) is 33.7. The summed E-state index contributed by atoms with van der Waals surface area (Å²) in [6.45, 7) is 18.8. The van der Waals surface area contributed by atoms with Crippen LogP contribution in [0.5, 0.6) is 0 Å². The van der Waals surface area contributed by atoms with Crippen LogP contribution in [0, 0.1) is 16.9 Å².